The summed E-state index contributed by atoms with van der Waals surface area (Å²) in [5.41, 5.74) is 0.282. The minimum Gasteiger partial charge on any atom is -0.302 e. The lowest BCUT2D eigenvalue weighted by molar-refractivity contribution is -0.157. The fourth-order valence-electron chi connectivity index (χ4n) is 2.35. The topological polar surface area (TPSA) is 12.0 Å². The quantitative estimate of drug-likeness (QED) is 0.595. The van der Waals surface area contributed by atoms with Crippen LogP contribution >= 0.6 is 0 Å². The van der Waals surface area contributed by atoms with Crippen molar-refractivity contribution < 1.29 is 13.2 Å². The average molecular weight is 301 g/mol. The molecule has 1 aromatic carbocycles. The van der Waals surface area contributed by atoms with Gasteiger partial charge >= 0.3 is 6.18 Å². The second-order valence-corrected chi connectivity index (χ2v) is 5.94. The van der Waals surface area contributed by atoms with Gasteiger partial charge in [-0.25, -0.2) is 0 Å². The van der Waals surface area contributed by atoms with Gasteiger partial charge in [0.15, 0.2) is 0 Å². The predicted octanol–water partition coefficient (Wildman–Crippen LogP) is 5.49. The first-order valence-electron chi connectivity index (χ1n) is 7.76. The van der Waals surface area contributed by atoms with Gasteiger partial charge in [-0.2, -0.15) is 13.2 Å². The van der Waals surface area contributed by atoms with E-state index in [4.69, 9.17) is 0 Å². The third-order valence-corrected chi connectivity index (χ3v) is 3.52. The van der Waals surface area contributed by atoms with Crippen LogP contribution in [-0.2, 0) is 0 Å². The van der Waals surface area contributed by atoms with Crippen molar-refractivity contribution in [3.05, 3.63) is 35.9 Å². The van der Waals surface area contributed by atoms with Gasteiger partial charge in [0.25, 0.3) is 0 Å². The number of rotatable bonds is 9. The molecule has 0 fully saturated rings. The number of alkyl halides is 3. The molecule has 1 atom stereocenters. The summed E-state index contributed by atoms with van der Waals surface area (Å²) in [5.74, 6) is 0.704. The van der Waals surface area contributed by atoms with Gasteiger partial charge in [0, 0.05) is 0 Å². The highest BCUT2D eigenvalue weighted by atomic mass is 19.4. The predicted molar refractivity (Wildman–Crippen MR) is 81.2 cm³/mol. The minimum absolute atomic E-state index is 0.282. The van der Waals surface area contributed by atoms with E-state index in [0.717, 1.165) is 19.3 Å². The van der Waals surface area contributed by atoms with Gasteiger partial charge in [0.05, 0.1) is 0 Å². The molecule has 0 saturated heterocycles. The van der Waals surface area contributed by atoms with Gasteiger partial charge in [0.2, 0.25) is 0 Å². The monoisotopic (exact) mass is 301 g/mol. The van der Waals surface area contributed by atoms with Crippen LogP contribution in [0.4, 0.5) is 13.2 Å². The zero-order chi connectivity index (χ0) is 15.7. The molecule has 1 nitrogen and oxygen atoms in total. The van der Waals surface area contributed by atoms with Gasteiger partial charge in [-0.15, -0.1) is 0 Å². The Hall–Kier alpha value is -1.03. The summed E-state index contributed by atoms with van der Waals surface area (Å²) < 4.78 is 39.2. The summed E-state index contributed by atoms with van der Waals surface area (Å²) in [7, 11) is 0. The van der Waals surface area contributed by atoms with Crippen molar-refractivity contribution in [3.8, 4) is 0 Å². The Morgan fingerprint density at radius 2 is 1.57 bits per heavy atom. The lowest BCUT2D eigenvalue weighted by atomic mass is 10.0. The van der Waals surface area contributed by atoms with E-state index in [1.54, 1.807) is 18.2 Å². The molecule has 0 aliphatic carbocycles. The fourth-order valence-corrected chi connectivity index (χ4v) is 2.35. The first-order chi connectivity index (χ1) is 9.91. The van der Waals surface area contributed by atoms with E-state index < -0.39 is 12.2 Å². The van der Waals surface area contributed by atoms with Gasteiger partial charge in [-0.3, -0.25) is 0 Å². The van der Waals surface area contributed by atoms with Gasteiger partial charge in [0.1, 0.15) is 6.04 Å². The summed E-state index contributed by atoms with van der Waals surface area (Å²) in [6.45, 7) is 4.78. The van der Waals surface area contributed by atoms with Crippen molar-refractivity contribution in [1.82, 2.24) is 5.32 Å². The highest BCUT2D eigenvalue weighted by Crippen LogP contribution is 2.32. The molecule has 21 heavy (non-hydrogen) atoms. The maximum Gasteiger partial charge on any atom is 0.407 e. The third-order valence-electron chi connectivity index (χ3n) is 3.52. The smallest absolute Gasteiger partial charge is 0.302 e. The van der Waals surface area contributed by atoms with Crippen LogP contribution < -0.4 is 5.32 Å². The molecule has 0 saturated carbocycles. The van der Waals surface area contributed by atoms with Crippen molar-refractivity contribution in [2.24, 2.45) is 5.92 Å². The van der Waals surface area contributed by atoms with Crippen LogP contribution in [-0.4, -0.2) is 12.7 Å². The molecule has 0 amide bonds. The molecule has 0 heterocycles. The first kappa shape index (κ1) is 18.0. The van der Waals surface area contributed by atoms with Crippen LogP contribution in [0.2, 0.25) is 0 Å². The number of nitrogens with one attached hydrogen (secondary N) is 1. The van der Waals surface area contributed by atoms with Gasteiger partial charge in [-0.1, -0.05) is 69.9 Å². The molecule has 1 N–H and O–H groups in total. The Labute approximate surface area is 125 Å². The SMILES string of the molecule is CC(C)CCCCCCNC(c1ccccc1)C(F)(F)F. The van der Waals surface area contributed by atoms with E-state index in [-0.39, 0.29) is 5.56 Å². The van der Waals surface area contributed by atoms with Crippen LogP contribution in [0.25, 0.3) is 0 Å². The van der Waals surface area contributed by atoms with E-state index in [9.17, 15) is 13.2 Å². The Balaban J connectivity index is 2.32. The molecule has 0 radical (unpaired) electrons. The van der Waals surface area contributed by atoms with E-state index in [1.165, 1.54) is 25.0 Å². The number of hydrogen-bond acceptors (Lipinski definition) is 1. The highest BCUT2D eigenvalue weighted by Gasteiger charge is 2.40. The average Bonchev–Trinajstić information content (AvgIpc) is 2.41. The van der Waals surface area contributed by atoms with E-state index >= 15 is 0 Å². The zero-order valence-electron chi connectivity index (χ0n) is 12.9. The number of halogens is 3. The second-order valence-electron chi connectivity index (χ2n) is 5.94. The zero-order valence-corrected chi connectivity index (χ0v) is 12.9. The van der Waals surface area contributed by atoms with Gasteiger partial charge < -0.3 is 5.32 Å². The lowest BCUT2D eigenvalue weighted by Gasteiger charge is -2.22. The van der Waals surface area contributed by atoms with Crippen molar-refractivity contribution in [1.29, 1.82) is 0 Å². The van der Waals surface area contributed by atoms with E-state index in [1.807, 2.05) is 0 Å². The fraction of sp³-hybridized carbons (Fsp3) is 0.647. The summed E-state index contributed by atoms with van der Waals surface area (Å²) in [5, 5.41) is 2.65. The normalized spacial score (nSPS) is 13.6. The van der Waals surface area contributed by atoms with Crippen molar-refractivity contribution >= 4 is 0 Å². The summed E-state index contributed by atoms with van der Waals surface area (Å²) in [6.07, 6.45) is 0.985. The van der Waals surface area contributed by atoms with Crippen LogP contribution in [0.1, 0.15) is 57.6 Å². The maximum atomic E-state index is 13.1. The number of hydrogen-bond donors (Lipinski definition) is 1. The molecule has 1 aromatic rings. The van der Waals surface area contributed by atoms with E-state index in [2.05, 4.69) is 19.2 Å². The third kappa shape index (κ3) is 7.51. The Morgan fingerprint density at radius 3 is 2.14 bits per heavy atom. The Bertz CT molecular complexity index is 373. The largest absolute Gasteiger partial charge is 0.407 e. The molecule has 1 unspecified atom stereocenters. The molecule has 4 heteroatoms. The van der Waals surface area contributed by atoms with Crippen LogP contribution in [0, 0.1) is 5.92 Å². The standard InChI is InChI=1S/C17H26F3N/c1-14(2)10-6-3-4-9-13-21-16(17(18,19)20)15-11-7-5-8-12-15/h5,7-8,11-12,14,16,21H,3-4,6,9-10,13H2,1-2H3. The molecular formula is C17H26F3N. The molecule has 0 aromatic heterocycles. The summed E-state index contributed by atoms with van der Waals surface area (Å²) in [4.78, 5) is 0. The molecule has 120 valence electrons. The van der Waals surface area contributed by atoms with Gasteiger partial charge in [-0.05, 0) is 24.4 Å². The second kappa shape index (κ2) is 9.08. The molecule has 1 rings (SSSR count). The van der Waals surface area contributed by atoms with Crippen LogP contribution in [0.15, 0.2) is 30.3 Å². The molecule has 0 aliphatic heterocycles. The Kier molecular flexibility index (Phi) is 7.79. The summed E-state index contributed by atoms with van der Waals surface area (Å²) >= 11 is 0. The molecule has 0 bridgehead atoms. The number of unbranched alkanes of at least 4 members (excludes halogenated alkanes) is 3. The minimum atomic E-state index is -4.25. The molecule has 0 spiro atoms. The summed E-state index contributed by atoms with van der Waals surface area (Å²) in [6, 6.07) is 6.49. The Morgan fingerprint density at radius 1 is 0.952 bits per heavy atom. The maximum absolute atomic E-state index is 13.1. The van der Waals surface area contributed by atoms with Crippen LogP contribution in [0.3, 0.4) is 0 Å². The lowest BCUT2D eigenvalue weighted by Crippen LogP contribution is -2.34. The van der Waals surface area contributed by atoms with Crippen LogP contribution in [0.5, 0.6) is 0 Å². The highest BCUT2D eigenvalue weighted by molar-refractivity contribution is 5.20. The van der Waals surface area contributed by atoms with E-state index in [0.29, 0.717) is 12.5 Å². The first-order valence-corrected chi connectivity index (χ1v) is 7.76. The molecule has 0 aliphatic rings. The van der Waals surface area contributed by atoms with Crippen molar-refractivity contribution in [2.75, 3.05) is 6.54 Å². The number of benzene rings is 1. The molecular weight excluding hydrogens is 275 g/mol. The van der Waals surface area contributed by atoms with Crippen molar-refractivity contribution in [2.45, 2.75) is 58.2 Å². The van der Waals surface area contributed by atoms with Crippen molar-refractivity contribution in [3.63, 3.8) is 0 Å².